The molecule has 4 atom stereocenters. The number of piperidine rings is 1. The summed E-state index contributed by atoms with van der Waals surface area (Å²) in [6, 6.07) is 9.17. The fourth-order valence-corrected chi connectivity index (χ4v) is 5.04. The predicted octanol–water partition coefficient (Wildman–Crippen LogP) is 2.80. The molecule has 1 N–H and O–H groups in total. The third-order valence-corrected chi connectivity index (χ3v) is 6.30. The van der Waals surface area contributed by atoms with Crippen LogP contribution in [0.4, 0.5) is 0 Å². The number of ether oxygens (including phenoxy) is 1. The summed E-state index contributed by atoms with van der Waals surface area (Å²) in [7, 11) is 0. The Hall–Kier alpha value is -1.14. The van der Waals surface area contributed by atoms with Gasteiger partial charge in [0.2, 0.25) is 5.91 Å². The van der Waals surface area contributed by atoms with Crippen LogP contribution in [0.15, 0.2) is 24.3 Å². The first kappa shape index (κ1) is 18.2. The fourth-order valence-electron chi connectivity index (χ4n) is 4.85. The molecule has 4 rings (SSSR count). The molecule has 3 fully saturated rings. The number of halogens is 1. The third-order valence-electron chi connectivity index (χ3n) is 6.06. The normalized spacial score (nSPS) is 34.0. The highest BCUT2D eigenvalue weighted by Gasteiger charge is 2.39. The molecule has 0 bridgehead atoms. The minimum Gasteiger partial charge on any atom is -0.379 e. The molecule has 1 aromatic rings. The van der Waals surface area contributed by atoms with Gasteiger partial charge < -0.3 is 10.1 Å². The van der Waals surface area contributed by atoms with Crippen molar-refractivity contribution in [3.63, 3.8) is 0 Å². The van der Waals surface area contributed by atoms with Gasteiger partial charge in [-0.25, -0.2) is 0 Å². The lowest BCUT2D eigenvalue weighted by atomic mass is 9.97. The number of hydrogen-bond acceptors (Lipinski definition) is 4. The van der Waals surface area contributed by atoms with E-state index in [1.807, 2.05) is 12.1 Å². The lowest BCUT2D eigenvalue weighted by Gasteiger charge is -2.45. The van der Waals surface area contributed by atoms with E-state index in [4.69, 9.17) is 16.3 Å². The van der Waals surface area contributed by atoms with Crippen molar-refractivity contribution in [3.05, 3.63) is 34.9 Å². The highest BCUT2D eigenvalue weighted by atomic mass is 35.5. The van der Waals surface area contributed by atoms with E-state index in [1.165, 1.54) is 5.56 Å². The molecule has 0 saturated carbocycles. The van der Waals surface area contributed by atoms with Crippen molar-refractivity contribution in [2.24, 2.45) is 0 Å². The van der Waals surface area contributed by atoms with Crippen LogP contribution in [0.25, 0.3) is 0 Å². The second-order valence-corrected chi connectivity index (χ2v) is 8.23. The molecule has 3 aliphatic rings. The molecule has 1 amide bonds. The molecule has 0 aliphatic carbocycles. The molecule has 0 aromatic heterocycles. The number of rotatable bonds is 3. The summed E-state index contributed by atoms with van der Waals surface area (Å²) in [5.41, 5.74) is 1.26. The van der Waals surface area contributed by atoms with Crippen LogP contribution in [-0.4, -0.2) is 60.3 Å². The Morgan fingerprint density at radius 3 is 2.96 bits per heavy atom. The maximum Gasteiger partial charge on any atom is 0.222 e. The van der Waals surface area contributed by atoms with E-state index in [-0.39, 0.29) is 12.1 Å². The van der Waals surface area contributed by atoms with Gasteiger partial charge in [-0.2, -0.15) is 0 Å². The lowest BCUT2D eigenvalue weighted by Crippen LogP contribution is -2.59. The second kappa shape index (κ2) is 7.85. The average Bonchev–Trinajstić information content (AvgIpc) is 3.11. The number of likely N-dealkylation sites (tertiary alicyclic amines) is 1. The highest BCUT2D eigenvalue weighted by Crippen LogP contribution is 2.36. The summed E-state index contributed by atoms with van der Waals surface area (Å²) >= 11 is 6.21. The minimum absolute atomic E-state index is 0.0998. The van der Waals surface area contributed by atoms with Gasteiger partial charge in [-0.15, -0.1) is 0 Å². The van der Waals surface area contributed by atoms with Gasteiger partial charge in [0.25, 0.3) is 0 Å². The van der Waals surface area contributed by atoms with Gasteiger partial charge in [0.1, 0.15) is 0 Å². The zero-order valence-electron chi connectivity index (χ0n) is 15.4. The molecule has 2 unspecified atom stereocenters. The van der Waals surface area contributed by atoms with Gasteiger partial charge in [-0.1, -0.05) is 23.7 Å². The zero-order valence-corrected chi connectivity index (χ0v) is 16.1. The molecular weight excluding hydrogens is 350 g/mol. The van der Waals surface area contributed by atoms with Gasteiger partial charge in [0.05, 0.1) is 19.4 Å². The Kier molecular flexibility index (Phi) is 5.50. The van der Waals surface area contributed by atoms with Crippen LogP contribution >= 0.6 is 11.6 Å². The van der Waals surface area contributed by atoms with Crippen molar-refractivity contribution in [1.82, 2.24) is 15.1 Å². The first-order chi connectivity index (χ1) is 12.6. The standard InChI is InChI=1S/C20H28ClN3O2/c1-14-13-26-9-8-23(14)17-11-19(22-20(25)12-17)24-7-3-6-18(24)15-4-2-5-16(21)10-15/h2,4-5,10,14,17-19H,3,6-9,11-13H2,1H3,(H,22,25)/t14-,17?,18+,19?/m1/s1. The van der Waals surface area contributed by atoms with Crippen molar-refractivity contribution in [1.29, 1.82) is 0 Å². The van der Waals surface area contributed by atoms with Gasteiger partial charge in [-0.3, -0.25) is 14.6 Å². The molecule has 0 radical (unpaired) electrons. The molecule has 3 heterocycles. The third kappa shape index (κ3) is 3.77. The Bertz CT molecular complexity index is 656. The Balaban J connectivity index is 1.51. The maximum atomic E-state index is 12.5. The molecule has 3 saturated heterocycles. The Morgan fingerprint density at radius 1 is 1.27 bits per heavy atom. The van der Waals surface area contributed by atoms with Crippen LogP contribution in [-0.2, 0) is 9.53 Å². The van der Waals surface area contributed by atoms with Crippen LogP contribution < -0.4 is 5.32 Å². The molecule has 6 heteroatoms. The molecule has 5 nitrogen and oxygen atoms in total. The molecule has 3 aliphatic heterocycles. The molecule has 26 heavy (non-hydrogen) atoms. The van der Waals surface area contributed by atoms with Crippen molar-refractivity contribution >= 4 is 17.5 Å². The van der Waals surface area contributed by atoms with Crippen molar-refractivity contribution < 1.29 is 9.53 Å². The monoisotopic (exact) mass is 377 g/mol. The summed E-state index contributed by atoms with van der Waals surface area (Å²) in [4.78, 5) is 17.4. The van der Waals surface area contributed by atoms with Gasteiger partial charge in [0.15, 0.2) is 0 Å². The number of amides is 1. The molecular formula is C20H28ClN3O2. The van der Waals surface area contributed by atoms with E-state index in [1.54, 1.807) is 0 Å². The number of hydrogen-bond donors (Lipinski definition) is 1. The quantitative estimate of drug-likeness (QED) is 0.879. The summed E-state index contributed by atoms with van der Waals surface area (Å²) in [5, 5.41) is 4.03. The van der Waals surface area contributed by atoms with Gasteiger partial charge in [-0.05, 0) is 43.9 Å². The topological polar surface area (TPSA) is 44.8 Å². The summed E-state index contributed by atoms with van der Waals surface area (Å²) in [6.45, 7) is 5.67. The summed E-state index contributed by atoms with van der Waals surface area (Å²) < 4.78 is 5.58. The SMILES string of the molecule is C[C@@H]1COCCN1C1CC(=O)NC(N2CCC[C@H]2c2cccc(Cl)c2)C1. The van der Waals surface area contributed by atoms with Gasteiger partial charge >= 0.3 is 0 Å². The second-order valence-electron chi connectivity index (χ2n) is 7.79. The number of carbonyl (C=O) groups excluding carboxylic acids is 1. The highest BCUT2D eigenvalue weighted by molar-refractivity contribution is 6.30. The van der Waals surface area contributed by atoms with Crippen LogP contribution in [0, 0.1) is 0 Å². The van der Waals surface area contributed by atoms with E-state index >= 15 is 0 Å². The first-order valence-electron chi connectivity index (χ1n) is 9.76. The van der Waals surface area contributed by atoms with E-state index < -0.39 is 0 Å². The van der Waals surface area contributed by atoms with Crippen molar-refractivity contribution in [2.45, 2.75) is 56.9 Å². The number of nitrogens with one attached hydrogen (secondary N) is 1. The van der Waals surface area contributed by atoms with Crippen molar-refractivity contribution in [3.8, 4) is 0 Å². The average molecular weight is 378 g/mol. The largest absolute Gasteiger partial charge is 0.379 e. The molecule has 0 spiro atoms. The Morgan fingerprint density at radius 2 is 2.15 bits per heavy atom. The number of benzene rings is 1. The lowest BCUT2D eigenvalue weighted by molar-refractivity contribution is -0.130. The number of carbonyl (C=O) groups is 1. The minimum atomic E-state index is 0.0998. The summed E-state index contributed by atoms with van der Waals surface area (Å²) in [6.07, 6.45) is 3.94. The fraction of sp³-hybridized carbons (Fsp3) is 0.650. The predicted molar refractivity (Wildman–Crippen MR) is 102 cm³/mol. The number of nitrogens with zero attached hydrogens (tertiary/aromatic N) is 2. The summed E-state index contributed by atoms with van der Waals surface area (Å²) in [5.74, 6) is 0.168. The van der Waals surface area contributed by atoms with E-state index in [2.05, 4.69) is 34.2 Å². The molecule has 1 aromatic carbocycles. The smallest absolute Gasteiger partial charge is 0.222 e. The first-order valence-corrected chi connectivity index (χ1v) is 10.1. The molecule has 142 valence electrons. The van der Waals surface area contributed by atoms with E-state index in [9.17, 15) is 4.79 Å². The van der Waals surface area contributed by atoms with Crippen LogP contribution in [0.2, 0.25) is 5.02 Å². The van der Waals surface area contributed by atoms with E-state index in [0.717, 1.165) is 50.6 Å². The van der Waals surface area contributed by atoms with Gasteiger partial charge in [0, 0.05) is 42.7 Å². The zero-order chi connectivity index (χ0) is 18.1. The van der Waals surface area contributed by atoms with Crippen molar-refractivity contribution in [2.75, 3.05) is 26.3 Å². The van der Waals surface area contributed by atoms with E-state index in [0.29, 0.717) is 24.5 Å². The number of morpholine rings is 1. The maximum absolute atomic E-state index is 12.5. The van der Waals surface area contributed by atoms with Crippen LogP contribution in [0.1, 0.15) is 44.2 Å². The van der Waals surface area contributed by atoms with Crippen LogP contribution in [0.5, 0.6) is 0 Å². The Labute approximate surface area is 160 Å². The van der Waals surface area contributed by atoms with Crippen LogP contribution in [0.3, 0.4) is 0 Å².